The van der Waals surface area contributed by atoms with Gasteiger partial charge < -0.3 is 0 Å². The fraction of sp³-hybridized carbons (Fsp3) is 0.273. The predicted molar refractivity (Wildman–Crippen MR) is 119 cm³/mol. The molecule has 0 amide bonds. The SMILES string of the molecule is CCn1cc(-c2ccc(SCc3c(C)cccc3-n3nnn(C)c3=O)c(C)c2)cn1. The van der Waals surface area contributed by atoms with E-state index in [9.17, 15) is 4.79 Å². The fourth-order valence-corrected chi connectivity index (χ4v) is 4.49. The third kappa shape index (κ3) is 3.82. The first kappa shape index (κ1) is 20.2. The molecule has 0 aliphatic carbocycles. The highest BCUT2D eigenvalue weighted by atomic mass is 32.2. The molecule has 154 valence electrons. The van der Waals surface area contributed by atoms with Crippen molar-refractivity contribution in [3.63, 3.8) is 0 Å². The molecule has 2 aromatic carbocycles. The summed E-state index contributed by atoms with van der Waals surface area (Å²) in [7, 11) is 1.60. The Morgan fingerprint density at radius 2 is 1.87 bits per heavy atom. The molecule has 8 heteroatoms. The Hall–Kier alpha value is -3.13. The van der Waals surface area contributed by atoms with E-state index in [-0.39, 0.29) is 5.69 Å². The van der Waals surface area contributed by atoms with Gasteiger partial charge in [0.1, 0.15) is 0 Å². The highest BCUT2D eigenvalue weighted by Crippen LogP contribution is 2.32. The van der Waals surface area contributed by atoms with Crippen molar-refractivity contribution in [1.82, 2.24) is 29.6 Å². The van der Waals surface area contributed by atoms with E-state index in [2.05, 4.69) is 66.8 Å². The smallest absolute Gasteiger partial charge is 0.272 e. The van der Waals surface area contributed by atoms with Crippen molar-refractivity contribution in [2.24, 2.45) is 7.05 Å². The zero-order valence-electron chi connectivity index (χ0n) is 17.5. The van der Waals surface area contributed by atoms with Gasteiger partial charge in [-0.2, -0.15) is 14.5 Å². The van der Waals surface area contributed by atoms with Crippen LogP contribution in [-0.4, -0.2) is 29.6 Å². The number of aromatic nitrogens is 6. The lowest BCUT2D eigenvalue weighted by Crippen LogP contribution is -2.23. The Balaban J connectivity index is 1.60. The molecule has 2 aromatic heterocycles. The molecule has 0 atom stereocenters. The maximum Gasteiger partial charge on any atom is 0.368 e. The molecule has 0 radical (unpaired) electrons. The standard InChI is InChI=1S/C22H24N6OS/c1-5-27-13-18(12-23-27)17-9-10-21(16(3)11-17)30-14-19-15(2)7-6-8-20(19)28-22(29)26(4)24-25-28/h6-13H,5,14H2,1-4H3. The molecule has 30 heavy (non-hydrogen) atoms. The maximum absolute atomic E-state index is 12.3. The minimum Gasteiger partial charge on any atom is -0.272 e. The molecule has 0 unspecified atom stereocenters. The van der Waals surface area contributed by atoms with E-state index in [1.54, 1.807) is 18.8 Å². The molecule has 0 saturated heterocycles. The monoisotopic (exact) mass is 420 g/mol. The van der Waals surface area contributed by atoms with E-state index in [4.69, 9.17) is 0 Å². The van der Waals surface area contributed by atoms with Gasteiger partial charge >= 0.3 is 5.69 Å². The summed E-state index contributed by atoms with van der Waals surface area (Å²) in [6.45, 7) is 7.13. The Labute approximate surface area is 179 Å². The van der Waals surface area contributed by atoms with Crippen LogP contribution in [0.15, 0.2) is 58.5 Å². The molecule has 0 spiro atoms. The van der Waals surface area contributed by atoms with E-state index >= 15 is 0 Å². The van der Waals surface area contributed by atoms with Gasteiger partial charge in [0, 0.05) is 36.0 Å². The number of thioether (sulfide) groups is 1. The van der Waals surface area contributed by atoms with E-state index < -0.39 is 0 Å². The second-order valence-corrected chi connectivity index (χ2v) is 8.24. The summed E-state index contributed by atoms with van der Waals surface area (Å²) in [6.07, 6.45) is 3.98. The Kier molecular flexibility index (Phi) is 5.59. The average Bonchev–Trinajstić information content (AvgIpc) is 3.35. The number of rotatable bonds is 6. The molecule has 4 rings (SSSR count). The van der Waals surface area contributed by atoms with Crippen LogP contribution in [-0.2, 0) is 19.3 Å². The molecule has 7 nitrogen and oxygen atoms in total. The number of nitrogens with zero attached hydrogens (tertiary/aromatic N) is 6. The van der Waals surface area contributed by atoms with Gasteiger partial charge in [-0.25, -0.2) is 4.79 Å². The van der Waals surface area contributed by atoms with E-state index in [0.29, 0.717) is 0 Å². The number of hydrogen-bond acceptors (Lipinski definition) is 5. The molecule has 4 aromatic rings. The number of benzene rings is 2. The summed E-state index contributed by atoms with van der Waals surface area (Å²) in [5, 5.41) is 12.2. The van der Waals surface area contributed by atoms with Gasteiger partial charge in [-0.1, -0.05) is 24.3 Å². The van der Waals surface area contributed by atoms with Gasteiger partial charge in [-0.15, -0.1) is 11.8 Å². The third-order valence-corrected chi connectivity index (χ3v) is 6.37. The van der Waals surface area contributed by atoms with Crippen molar-refractivity contribution in [2.75, 3.05) is 0 Å². The lowest BCUT2D eigenvalue weighted by Gasteiger charge is -2.13. The molecule has 2 heterocycles. The highest BCUT2D eigenvalue weighted by molar-refractivity contribution is 7.98. The van der Waals surface area contributed by atoms with Gasteiger partial charge in [0.15, 0.2) is 0 Å². The highest BCUT2D eigenvalue weighted by Gasteiger charge is 2.14. The zero-order valence-corrected chi connectivity index (χ0v) is 18.3. The van der Waals surface area contributed by atoms with Crippen LogP contribution in [0.25, 0.3) is 16.8 Å². The summed E-state index contributed by atoms with van der Waals surface area (Å²) >= 11 is 1.76. The van der Waals surface area contributed by atoms with E-state index in [0.717, 1.165) is 34.7 Å². The van der Waals surface area contributed by atoms with Crippen molar-refractivity contribution in [3.05, 3.63) is 76.0 Å². The molecular weight excluding hydrogens is 396 g/mol. The van der Waals surface area contributed by atoms with Crippen molar-refractivity contribution < 1.29 is 0 Å². The number of tetrazole rings is 1. The normalized spacial score (nSPS) is 11.2. The van der Waals surface area contributed by atoms with E-state index in [1.807, 2.05) is 23.0 Å². The van der Waals surface area contributed by atoms with Gasteiger partial charge in [0.2, 0.25) is 0 Å². The minimum atomic E-state index is -0.250. The lowest BCUT2D eigenvalue weighted by atomic mass is 10.1. The van der Waals surface area contributed by atoms with Crippen LogP contribution in [0.1, 0.15) is 23.6 Å². The van der Waals surface area contributed by atoms with Crippen molar-refractivity contribution in [1.29, 1.82) is 0 Å². The molecule has 0 saturated carbocycles. The van der Waals surface area contributed by atoms with Gasteiger partial charge in [-0.3, -0.25) is 4.68 Å². The Morgan fingerprint density at radius 1 is 1.03 bits per heavy atom. The average molecular weight is 421 g/mol. The molecule has 0 N–H and O–H groups in total. The first-order valence-electron chi connectivity index (χ1n) is 9.82. The van der Waals surface area contributed by atoms with Gasteiger partial charge in [-0.05, 0) is 65.6 Å². The first-order chi connectivity index (χ1) is 14.5. The summed E-state index contributed by atoms with van der Waals surface area (Å²) in [6, 6.07) is 12.4. The summed E-state index contributed by atoms with van der Waals surface area (Å²) in [5.74, 6) is 0.735. The van der Waals surface area contributed by atoms with Crippen LogP contribution in [0.5, 0.6) is 0 Å². The molecule has 0 aliphatic rings. The summed E-state index contributed by atoms with van der Waals surface area (Å²) in [4.78, 5) is 13.6. The quantitative estimate of drug-likeness (QED) is 0.444. The molecular formula is C22H24N6OS. The summed E-state index contributed by atoms with van der Waals surface area (Å²) in [5.41, 5.74) is 6.24. The molecule has 0 bridgehead atoms. The fourth-order valence-electron chi connectivity index (χ4n) is 3.36. The second kappa shape index (κ2) is 8.31. The Bertz CT molecular complexity index is 1250. The van der Waals surface area contributed by atoms with Crippen molar-refractivity contribution in [3.8, 4) is 16.8 Å². The van der Waals surface area contributed by atoms with E-state index in [1.165, 1.54) is 25.4 Å². The third-order valence-electron chi connectivity index (χ3n) is 5.17. The topological polar surface area (TPSA) is 70.5 Å². The number of hydrogen-bond donors (Lipinski definition) is 0. The molecule has 0 fully saturated rings. The summed E-state index contributed by atoms with van der Waals surface area (Å²) < 4.78 is 4.54. The second-order valence-electron chi connectivity index (χ2n) is 7.22. The molecule has 0 aliphatic heterocycles. The number of aryl methyl sites for hydroxylation is 4. The van der Waals surface area contributed by atoms with Crippen molar-refractivity contribution in [2.45, 2.75) is 38.0 Å². The van der Waals surface area contributed by atoms with Crippen LogP contribution in [0, 0.1) is 13.8 Å². The van der Waals surface area contributed by atoms with Gasteiger partial charge in [0.05, 0.1) is 11.9 Å². The largest absolute Gasteiger partial charge is 0.368 e. The van der Waals surface area contributed by atoms with Crippen LogP contribution < -0.4 is 5.69 Å². The lowest BCUT2D eigenvalue weighted by molar-refractivity contribution is 0.660. The maximum atomic E-state index is 12.3. The predicted octanol–water partition coefficient (Wildman–Crippen LogP) is 3.76. The van der Waals surface area contributed by atoms with Crippen LogP contribution in [0.4, 0.5) is 0 Å². The van der Waals surface area contributed by atoms with Gasteiger partial charge in [0.25, 0.3) is 0 Å². The van der Waals surface area contributed by atoms with Crippen LogP contribution in [0.2, 0.25) is 0 Å². The first-order valence-corrected chi connectivity index (χ1v) is 10.8. The zero-order chi connectivity index (χ0) is 21.3. The van der Waals surface area contributed by atoms with Crippen LogP contribution >= 0.6 is 11.8 Å². The Morgan fingerprint density at radius 3 is 2.53 bits per heavy atom. The van der Waals surface area contributed by atoms with Crippen molar-refractivity contribution >= 4 is 11.8 Å². The van der Waals surface area contributed by atoms with Crippen LogP contribution in [0.3, 0.4) is 0 Å². The minimum absolute atomic E-state index is 0.250.